The Morgan fingerprint density at radius 2 is 1.72 bits per heavy atom. The molecule has 1 aliphatic rings. The van der Waals surface area contributed by atoms with Crippen LogP contribution in [0.25, 0.3) is 11.1 Å². The second-order valence-electron chi connectivity index (χ2n) is 5.79. The summed E-state index contributed by atoms with van der Waals surface area (Å²) in [5.41, 5.74) is 2.49. The third kappa shape index (κ3) is 4.32. The van der Waals surface area contributed by atoms with Crippen molar-refractivity contribution in [2.45, 2.75) is 27.1 Å². The monoisotopic (exact) mass is 422 g/mol. The minimum absolute atomic E-state index is 0.0975. The Morgan fingerprint density at radius 1 is 1.10 bits per heavy atom. The molecule has 1 aromatic heterocycles. The van der Waals surface area contributed by atoms with E-state index in [9.17, 15) is 13.6 Å². The molecule has 0 bridgehead atoms. The molecule has 4 rings (SSSR count). The predicted molar refractivity (Wildman–Crippen MR) is 104 cm³/mol. The zero-order valence-electron chi connectivity index (χ0n) is 15.8. The van der Waals surface area contributed by atoms with Crippen molar-refractivity contribution in [2.24, 2.45) is 0 Å². The molecule has 29 heavy (non-hydrogen) atoms. The number of amides is 1. The molecule has 0 saturated heterocycles. The summed E-state index contributed by atoms with van der Waals surface area (Å²) in [5, 5.41) is 6.60. The number of hydrogen-bond donors (Lipinski definition) is 1. The van der Waals surface area contributed by atoms with Crippen LogP contribution in [0.3, 0.4) is 0 Å². The van der Waals surface area contributed by atoms with Crippen molar-refractivity contribution >= 4 is 23.2 Å². The summed E-state index contributed by atoms with van der Waals surface area (Å²) in [6.07, 6.45) is -2.44. The number of ether oxygens (including phenoxy) is 2. The van der Waals surface area contributed by atoms with E-state index in [0.717, 1.165) is 0 Å². The van der Waals surface area contributed by atoms with Gasteiger partial charge in [0.1, 0.15) is 11.8 Å². The maximum absolute atomic E-state index is 13.2. The van der Waals surface area contributed by atoms with E-state index in [0.29, 0.717) is 28.1 Å². The molecule has 152 valence electrons. The highest BCUT2D eigenvalue weighted by Gasteiger charge is 2.43. The van der Waals surface area contributed by atoms with Gasteiger partial charge in [-0.25, -0.2) is 0 Å². The molecule has 0 radical (unpaired) electrons. The quantitative estimate of drug-likeness (QED) is 0.568. The fourth-order valence-electron chi connectivity index (χ4n) is 2.63. The number of aryl methyl sites for hydroxylation is 1. The lowest BCUT2D eigenvalue weighted by atomic mass is 10.0. The van der Waals surface area contributed by atoms with E-state index < -0.39 is 6.29 Å². The molecule has 6 nitrogen and oxygen atoms in total. The molecule has 0 unspecified atom stereocenters. The van der Waals surface area contributed by atoms with Gasteiger partial charge in [-0.05, 0) is 30.7 Å². The van der Waals surface area contributed by atoms with Crippen LogP contribution in [-0.4, -0.2) is 17.4 Å². The lowest BCUT2D eigenvalue weighted by Gasteiger charge is -2.08. The van der Waals surface area contributed by atoms with Crippen molar-refractivity contribution < 1.29 is 27.6 Å². The second kappa shape index (κ2) is 8.08. The number of aromatic nitrogens is 1. The van der Waals surface area contributed by atoms with Gasteiger partial charge in [-0.1, -0.05) is 42.7 Å². The number of fused-ring (bicyclic) bond motifs is 1. The Labute approximate surface area is 170 Å². The number of anilines is 1. The average Bonchev–Trinajstić information content (AvgIpc) is 3.24. The van der Waals surface area contributed by atoms with Gasteiger partial charge >= 0.3 is 6.29 Å². The molecule has 3 aromatic rings. The highest BCUT2D eigenvalue weighted by atomic mass is 35.5. The number of nitrogens with zero attached hydrogens (tertiary/aromatic N) is 1. The van der Waals surface area contributed by atoms with Crippen LogP contribution >= 0.6 is 11.6 Å². The fourth-order valence-corrected chi connectivity index (χ4v) is 2.90. The molecular formula is C20H17ClF2N2O4. The SMILES string of the molecule is CC.Cc1nocc1C(=O)Nc1ccc(-c2cc3c(cc2Cl)OC(F)(F)O3)cc1. The van der Waals surface area contributed by atoms with Crippen LogP contribution in [0.1, 0.15) is 29.9 Å². The molecule has 1 aliphatic heterocycles. The first-order valence-corrected chi connectivity index (χ1v) is 9.12. The number of rotatable bonds is 3. The van der Waals surface area contributed by atoms with Gasteiger partial charge in [0.2, 0.25) is 0 Å². The maximum atomic E-state index is 13.2. The molecule has 2 aromatic carbocycles. The van der Waals surface area contributed by atoms with Crippen LogP contribution in [0, 0.1) is 6.92 Å². The molecular weight excluding hydrogens is 406 g/mol. The van der Waals surface area contributed by atoms with Crippen molar-refractivity contribution in [3.05, 3.63) is 58.9 Å². The molecule has 0 spiro atoms. The largest absolute Gasteiger partial charge is 0.586 e. The van der Waals surface area contributed by atoms with E-state index in [1.54, 1.807) is 31.2 Å². The first-order chi connectivity index (χ1) is 13.8. The van der Waals surface area contributed by atoms with E-state index in [1.165, 1.54) is 18.4 Å². The third-order valence-electron chi connectivity index (χ3n) is 3.94. The molecule has 1 N–H and O–H groups in total. The lowest BCUT2D eigenvalue weighted by Crippen LogP contribution is -2.25. The van der Waals surface area contributed by atoms with Gasteiger partial charge in [-0.2, -0.15) is 0 Å². The van der Waals surface area contributed by atoms with Crippen LogP contribution in [0.5, 0.6) is 11.5 Å². The molecule has 0 fully saturated rings. The molecule has 2 heterocycles. The standard InChI is InChI=1S/C18H11ClF2N2O4.C2H6/c1-9-13(8-25-23-9)17(24)22-11-4-2-10(3-5-11)12-6-15-16(7-14(12)19)27-18(20,21)26-15;1-2/h2-8H,1H3,(H,22,24);1-2H3. The Hall–Kier alpha value is -3.13. The topological polar surface area (TPSA) is 73.6 Å². The zero-order valence-corrected chi connectivity index (χ0v) is 16.5. The fraction of sp³-hybridized carbons (Fsp3) is 0.200. The Bertz CT molecular complexity index is 1040. The van der Waals surface area contributed by atoms with Crippen molar-refractivity contribution in [1.29, 1.82) is 0 Å². The minimum atomic E-state index is -3.71. The summed E-state index contributed by atoms with van der Waals surface area (Å²) >= 11 is 6.18. The Balaban J connectivity index is 0.00000117. The van der Waals surface area contributed by atoms with E-state index in [-0.39, 0.29) is 22.4 Å². The van der Waals surface area contributed by atoms with Gasteiger partial charge in [0.05, 0.1) is 10.7 Å². The smallest absolute Gasteiger partial charge is 0.395 e. The van der Waals surface area contributed by atoms with E-state index in [2.05, 4.69) is 19.9 Å². The second-order valence-corrected chi connectivity index (χ2v) is 6.20. The van der Waals surface area contributed by atoms with Crippen molar-refractivity contribution in [2.75, 3.05) is 5.32 Å². The van der Waals surface area contributed by atoms with Crippen LogP contribution < -0.4 is 14.8 Å². The summed E-state index contributed by atoms with van der Waals surface area (Å²) in [4.78, 5) is 12.2. The number of carbonyl (C=O) groups is 1. The molecule has 0 atom stereocenters. The highest BCUT2D eigenvalue weighted by molar-refractivity contribution is 6.33. The normalized spacial score (nSPS) is 13.4. The van der Waals surface area contributed by atoms with E-state index in [4.69, 9.17) is 16.1 Å². The number of hydrogen-bond acceptors (Lipinski definition) is 5. The Morgan fingerprint density at radius 3 is 2.31 bits per heavy atom. The first kappa shape index (κ1) is 20.6. The van der Waals surface area contributed by atoms with Gasteiger partial charge in [-0.3, -0.25) is 4.79 Å². The average molecular weight is 423 g/mol. The summed E-state index contributed by atoms with van der Waals surface area (Å²) < 4.78 is 39.9. The molecule has 9 heteroatoms. The molecule has 0 saturated carbocycles. The van der Waals surface area contributed by atoms with Crippen molar-refractivity contribution in [3.63, 3.8) is 0 Å². The van der Waals surface area contributed by atoms with Crippen LogP contribution in [0.15, 0.2) is 47.2 Å². The predicted octanol–water partition coefficient (Wildman–Crippen LogP) is 5.90. The number of carbonyl (C=O) groups excluding carboxylic acids is 1. The van der Waals surface area contributed by atoms with Gasteiger partial charge in [0, 0.05) is 17.3 Å². The number of alkyl halides is 2. The zero-order chi connectivity index (χ0) is 21.2. The summed E-state index contributed by atoms with van der Waals surface area (Å²) in [5.74, 6) is -0.578. The maximum Gasteiger partial charge on any atom is 0.586 e. The highest BCUT2D eigenvalue weighted by Crippen LogP contribution is 2.46. The molecule has 1 amide bonds. The number of benzene rings is 2. The van der Waals surface area contributed by atoms with E-state index in [1.807, 2.05) is 13.8 Å². The van der Waals surface area contributed by atoms with Gasteiger partial charge in [0.25, 0.3) is 5.91 Å². The lowest BCUT2D eigenvalue weighted by molar-refractivity contribution is -0.286. The first-order valence-electron chi connectivity index (χ1n) is 8.74. The minimum Gasteiger partial charge on any atom is -0.395 e. The molecule has 0 aliphatic carbocycles. The van der Waals surface area contributed by atoms with Gasteiger partial charge in [0.15, 0.2) is 11.5 Å². The number of nitrogens with one attached hydrogen (secondary N) is 1. The van der Waals surface area contributed by atoms with Crippen LogP contribution in [0.4, 0.5) is 14.5 Å². The number of halogens is 3. The summed E-state index contributed by atoms with van der Waals surface area (Å²) in [7, 11) is 0. The van der Waals surface area contributed by atoms with Crippen LogP contribution in [0.2, 0.25) is 5.02 Å². The Kier molecular flexibility index (Phi) is 5.74. The summed E-state index contributed by atoms with van der Waals surface area (Å²) in [6.45, 7) is 5.66. The van der Waals surface area contributed by atoms with Crippen LogP contribution in [-0.2, 0) is 0 Å². The van der Waals surface area contributed by atoms with E-state index >= 15 is 0 Å². The van der Waals surface area contributed by atoms with Gasteiger partial charge in [-0.15, -0.1) is 8.78 Å². The summed E-state index contributed by atoms with van der Waals surface area (Å²) in [6, 6.07) is 9.36. The van der Waals surface area contributed by atoms with Crippen molar-refractivity contribution in [1.82, 2.24) is 5.16 Å². The van der Waals surface area contributed by atoms with Gasteiger partial charge < -0.3 is 19.3 Å². The third-order valence-corrected chi connectivity index (χ3v) is 4.25. The van der Waals surface area contributed by atoms with Crippen molar-refractivity contribution in [3.8, 4) is 22.6 Å².